The van der Waals surface area contributed by atoms with Gasteiger partial charge in [-0.05, 0) is 35.0 Å². The van der Waals surface area contributed by atoms with Crippen molar-refractivity contribution in [1.29, 1.82) is 0 Å². The second kappa shape index (κ2) is 25.1. The minimum atomic E-state index is -0.578. The predicted molar refractivity (Wildman–Crippen MR) is 281 cm³/mol. The van der Waals surface area contributed by atoms with Crippen LogP contribution in [0.5, 0.6) is 11.5 Å². The number of benzene rings is 5. The van der Waals surface area contributed by atoms with Gasteiger partial charge in [0.05, 0.1) is 199 Å². The minimum absolute atomic E-state index is 0.00435. The lowest BCUT2D eigenvalue weighted by molar-refractivity contribution is -0.869. The molecule has 4 aliphatic heterocycles. The van der Waals surface area contributed by atoms with Crippen molar-refractivity contribution in [1.82, 2.24) is 9.80 Å². The maximum atomic E-state index is 14.9. The standard InChI is InChI=1S/C56H74N4O16/c1-59(2,3)13-11-57-53(61)41-9-7-39-50-46(76-36-38-34-72-26-24-68-18-16-66-20-22-70-28-30-74-38)32-44-48-42(54(62)58(56(44)64)12-14-60(4,5)6)10-8-40(52(48)50)49-45(31-43(55(57)63)47(41)51(39)49)75-35-37-33-71-25-23-67-17-15-65-19-21-69-27-29-73-37/h7-10,31-32,37-38H,11-30,33-36H2,1-6H3/q+2. The Morgan fingerprint density at radius 3 is 1.07 bits per heavy atom. The number of nitrogens with zero attached hydrogens (tertiary/aromatic N) is 4. The zero-order valence-electron chi connectivity index (χ0n) is 44.9. The molecule has 2 unspecified atom stereocenters. The van der Waals surface area contributed by atoms with Gasteiger partial charge < -0.3 is 65.8 Å². The molecule has 4 amide bonds. The number of imide groups is 2. The van der Waals surface area contributed by atoms with E-state index in [9.17, 15) is 19.2 Å². The van der Waals surface area contributed by atoms with Gasteiger partial charge in [-0.25, -0.2) is 0 Å². The molecule has 0 bridgehead atoms. The summed E-state index contributed by atoms with van der Waals surface area (Å²) in [5.74, 6) is -1.02. The van der Waals surface area contributed by atoms with Gasteiger partial charge in [0, 0.05) is 43.4 Å². The van der Waals surface area contributed by atoms with Crippen molar-refractivity contribution in [3.8, 4) is 11.5 Å². The highest BCUT2D eigenvalue weighted by atomic mass is 16.6. The lowest BCUT2D eigenvalue weighted by Gasteiger charge is -2.33. The molecule has 0 aromatic heterocycles. The van der Waals surface area contributed by atoms with Crippen LogP contribution in [0.4, 0.5) is 0 Å². The zero-order chi connectivity index (χ0) is 53.4. The maximum absolute atomic E-state index is 14.9. The van der Waals surface area contributed by atoms with Gasteiger partial charge in [-0.2, -0.15) is 0 Å². The molecule has 0 spiro atoms. The van der Waals surface area contributed by atoms with E-state index in [-0.39, 0.29) is 52.7 Å². The summed E-state index contributed by atoms with van der Waals surface area (Å²) in [6.45, 7) is 7.67. The number of ether oxygens (including phenoxy) is 12. The van der Waals surface area contributed by atoms with Gasteiger partial charge in [0.1, 0.15) is 36.9 Å². The van der Waals surface area contributed by atoms with Crippen LogP contribution in [0, 0.1) is 0 Å². The number of fused-ring (bicyclic) bond motifs is 2. The summed E-state index contributed by atoms with van der Waals surface area (Å²) in [6.07, 6.45) is -1.16. The van der Waals surface area contributed by atoms with Crippen molar-refractivity contribution in [2.45, 2.75) is 12.2 Å². The molecule has 9 rings (SSSR count). The molecular weight excluding hydrogens is 985 g/mol. The molecule has 0 saturated carbocycles. The van der Waals surface area contributed by atoms with Crippen LogP contribution in [0.25, 0.3) is 43.1 Å². The predicted octanol–water partition coefficient (Wildman–Crippen LogP) is 4.03. The van der Waals surface area contributed by atoms with Crippen molar-refractivity contribution in [3.63, 3.8) is 0 Å². The molecule has 0 radical (unpaired) electrons. The molecule has 20 nitrogen and oxygen atoms in total. The number of quaternary nitrogens is 2. The summed E-state index contributed by atoms with van der Waals surface area (Å²) < 4.78 is 73.6. The third kappa shape index (κ3) is 12.9. The largest absolute Gasteiger partial charge is 0.490 e. The zero-order valence-corrected chi connectivity index (χ0v) is 44.9. The minimum Gasteiger partial charge on any atom is -0.490 e. The Kier molecular flexibility index (Phi) is 18.3. The van der Waals surface area contributed by atoms with Gasteiger partial charge in [0.15, 0.2) is 0 Å². The highest BCUT2D eigenvalue weighted by Gasteiger charge is 2.40. The summed E-state index contributed by atoms with van der Waals surface area (Å²) >= 11 is 0. The average Bonchev–Trinajstić information content (AvgIpc) is 3.40. The van der Waals surface area contributed by atoms with Gasteiger partial charge >= 0.3 is 0 Å². The van der Waals surface area contributed by atoms with Crippen LogP contribution in [0.3, 0.4) is 0 Å². The molecule has 2 saturated heterocycles. The Balaban J connectivity index is 1.20. The van der Waals surface area contributed by atoms with Crippen molar-refractivity contribution in [3.05, 3.63) is 58.7 Å². The van der Waals surface area contributed by atoms with Gasteiger partial charge in [0.25, 0.3) is 23.6 Å². The number of carbonyl (C=O) groups is 4. The topological polar surface area (TPSA) is 186 Å². The fraction of sp³-hybridized carbons (Fsp3) is 0.571. The molecule has 0 N–H and O–H groups in total. The Morgan fingerprint density at radius 2 is 0.724 bits per heavy atom. The summed E-state index contributed by atoms with van der Waals surface area (Å²) in [5, 5.41) is 4.57. The van der Waals surface area contributed by atoms with Crippen LogP contribution in [-0.4, -0.2) is 255 Å². The van der Waals surface area contributed by atoms with Crippen LogP contribution in [0.15, 0.2) is 36.4 Å². The average molecular weight is 1060 g/mol. The number of hydrogen-bond donors (Lipinski definition) is 0. The third-order valence-corrected chi connectivity index (χ3v) is 13.8. The monoisotopic (exact) mass is 1060 g/mol. The molecule has 2 fully saturated rings. The molecule has 5 aromatic carbocycles. The molecular formula is C56H74N4O16+2. The van der Waals surface area contributed by atoms with Crippen LogP contribution in [-0.2, 0) is 47.4 Å². The summed E-state index contributed by atoms with van der Waals surface area (Å²) in [7, 11) is 12.1. The van der Waals surface area contributed by atoms with Crippen LogP contribution in [0.1, 0.15) is 41.4 Å². The second-order valence-corrected chi connectivity index (χ2v) is 21.4. The first-order chi connectivity index (χ1) is 36.7. The summed E-state index contributed by atoms with van der Waals surface area (Å²) in [5.41, 5.74) is 1.32. The third-order valence-electron chi connectivity index (χ3n) is 13.8. The Bertz CT molecular complexity index is 2640. The van der Waals surface area contributed by atoms with E-state index in [4.69, 9.17) is 56.8 Å². The van der Waals surface area contributed by atoms with E-state index >= 15 is 0 Å². The lowest BCUT2D eigenvalue weighted by atomic mass is 9.81. The number of hydrogen-bond acceptors (Lipinski definition) is 16. The first-order valence-electron chi connectivity index (χ1n) is 26.4. The number of likely N-dealkylation sites (N-methyl/N-ethyl adjacent to an activating group) is 2. The van der Waals surface area contributed by atoms with Crippen LogP contribution in [0.2, 0.25) is 0 Å². The van der Waals surface area contributed by atoms with Crippen LogP contribution >= 0.6 is 0 Å². The Morgan fingerprint density at radius 1 is 0.408 bits per heavy atom. The van der Waals surface area contributed by atoms with E-state index in [2.05, 4.69) is 0 Å². The van der Waals surface area contributed by atoms with E-state index in [0.29, 0.717) is 191 Å². The fourth-order valence-electron chi connectivity index (χ4n) is 9.88. The van der Waals surface area contributed by atoms with Crippen molar-refractivity contribution < 1.29 is 85.0 Å². The van der Waals surface area contributed by atoms with E-state index in [0.717, 1.165) is 0 Å². The molecule has 412 valence electrons. The van der Waals surface area contributed by atoms with Gasteiger partial charge in [-0.1, -0.05) is 12.1 Å². The van der Waals surface area contributed by atoms with E-state index < -0.39 is 35.8 Å². The van der Waals surface area contributed by atoms with Crippen LogP contribution < -0.4 is 9.47 Å². The Hall–Kier alpha value is -5.20. The number of amides is 4. The highest BCUT2D eigenvalue weighted by molar-refractivity contribution is 6.43. The fourth-order valence-corrected chi connectivity index (χ4v) is 9.88. The quantitative estimate of drug-likeness (QED) is 0.0755. The first-order valence-corrected chi connectivity index (χ1v) is 26.4. The Labute approximate surface area is 443 Å². The van der Waals surface area contributed by atoms with E-state index in [1.54, 1.807) is 24.3 Å². The van der Waals surface area contributed by atoms with Gasteiger partial charge in [-0.15, -0.1) is 0 Å². The molecule has 76 heavy (non-hydrogen) atoms. The van der Waals surface area contributed by atoms with E-state index in [1.165, 1.54) is 9.80 Å². The van der Waals surface area contributed by atoms with E-state index in [1.807, 2.05) is 54.4 Å². The molecule has 20 heteroatoms. The molecule has 2 atom stereocenters. The highest BCUT2D eigenvalue weighted by Crippen LogP contribution is 2.52. The summed E-state index contributed by atoms with van der Waals surface area (Å²) in [6, 6.07) is 10.7. The van der Waals surface area contributed by atoms with Gasteiger partial charge in [0.2, 0.25) is 0 Å². The SMILES string of the molecule is C[N+](C)(C)CCN1C(=O)c2ccc3c4c(OCC5COCCOCCOCCOCCO5)cc5c6c(ccc(c7c(OCC8COCCOCCOCCOCCO8)cc(c2c37)C1=O)c64)C(=O)N(CC[N+](C)(C)C)C5=O. The van der Waals surface area contributed by atoms with Crippen molar-refractivity contribution in [2.75, 3.05) is 201 Å². The second-order valence-electron chi connectivity index (χ2n) is 21.4. The molecule has 5 aromatic rings. The van der Waals surface area contributed by atoms with Crippen molar-refractivity contribution >= 4 is 66.7 Å². The smallest absolute Gasteiger partial charge is 0.261 e. The lowest BCUT2D eigenvalue weighted by Crippen LogP contribution is -2.47. The van der Waals surface area contributed by atoms with Gasteiger partial charge in [-0.3, -0.25) is 29.0 Å². The number of rotatable bonds is 12. The molecule has 4 aliphatic rings. The van der Waals surface area contributed by atoms with Crippen molar-refractivity contribution in [2.24, 2.45) is 0 Å². The number of carbonyl (C=O) groups excluding carboxylic acids is 4. The first kappa shape index (κ1) is 55.6. The molecule has 0 aliphatic carbocycles. The maximum Gasteiger partial charge on any atom is 0.261 e. The normalized spacial score (nSPS) is 21.2. The molecule has 4 heterocycles. The summed E-state index contributed by atoms with van der Waals surface area (Å²) in [4.78, 5) is 61.9.